The average molecular weight is 279 g/mol. The molecule has 112 valence electrons. The number of methoxy groups -OCH3 is 1. The summed E-state index contributed by atoms with van der Waals surface area (Å²) in [5, 5.41) is 3.37. The van der Waals surface area contributed by atoms with Gasteiger partial charge in [-0.1, -0.05) is 26.7 Å². The van der Waals surface area contributed by atoms with Crippen molar-refractivity contribution >= 4 is 5.69 Å². The third-order valence-corrected chi connectivity index (χ3v) is 4.49. The molecule has 1 fully saturated rings. The van der Waals surface area contributed by atoms with Gasteiger partial charge >= 0.3 is 0 Å². The number of rotatable bonds is 4. The molecule has 2 nitrogen and oxygen atoms in total. The van der Waals surface area contributed by atoms with Crippen molar-refractivity contribution < 1.29 is 9.13 Å². The van der Waals surface area contributed by atoms with Crippen LogP contribution in [0.2, 0.25) is 0 Å². The van der Waals surface area contributed by atoms with Gasteiger partial charge in [-0.3, -0.25) is 0 Å². The summed E-state index contributed by atoms with van der Waals surface area (Å²) in [6, 6.07) is 5.25. The Labute approximate surface area is 121 Å². The first-order valence-corrected chi connectivity index (χ1v) is 7.70. The second kappa shape index (κ2) is 6.96. The normalized spacial score (nSPS) is 23.4. The number of benzene rings is 1. The Hall–Kier alpha value is -1.25. The van der Waals surface area contributed by atoms with Gasteiger partial charge < -0.3 is 10.1 Å². The highest BCUT2D eigenvalue weighted by Gasteiger charge is 2.21. The maximum absolute atomic E-state index is 13.8. The zero-order valence-corrected chi connectivity index (χ0v) is 12.8. The van der Waals surface area contributed by atoms with Crippen LogP contribution in [-0.4, -0.2) is 13.2 Å². The quantitative estimate of drug-likeness (QED) is 0.795. The minimum Gasteiger partial charge on any atom is -0.497 e. The van der Waals surface area contributed by atoms with Gasteiger partial charge in [-0.25, -0.2) is 4.39 Å². The molecule has 1 aliphatic carbocycles. The Morgan fingerprint density at radius 1 is 1.20 bits per heavy atom. The van der Waals surface area contributed by atoms with Gasteiger partial charge in [0.25, 0.3) is 0 Å². The van der Waals surface area contributed by atoms with Crippen molar-refractivity contribution in [1.29, 1.82) is 0 Å². The molecular weight excluding hydrogens is 253 g/mol. The predicted octanol–water partition coefficient (Wildman–Crippen LogP) is 4.85. The molecule has 1 aromatic carbocycles. The first-order chi connectivity index (χ1) is 9.60. The molecular formula is C17H26FNO. The van der Waals surface area contributed by atoms with E-state index >= 15 is 0 Å². The summed E-state index contributed by atoms with van der Waals surface area (Å²) in [5.74, 6) is 2.07. The summed E-state index contributed by atoms with van der Waals surface area (Å²) >= 11 is 0. The fourth-order valence-corrected chi connectivity index (χ4v) is 3.10. The topological polar surface area (TPSA) is 21.3 Å². The summed E-state index contributed by atoms with van der Waals surface area (Å²) < 4.78 is 19.0. The Bertz CT molecular complexity index is 433. The highest BCUT2D eigenvalue weighted by atomic mass is 19.1. The van der Waals surface area contributed by atoms with Crippen molar-refractivity contribution in [1.82, 2.24) is 0 Å². The van der Waals surface area contributed by atoms with E-state index in [-0.39, 0.29) is 5.82 Å². The van der Waals surface area contributed by atoms with Crippen molar-refractivity contribution in [3.63, 3.8) is 0 Å². The molecule has 0 aromatic heterocycles. The monoisotopic (exact) mass is 279 g/mol. The van der Waals surface area contributed by atoms with Crippen LogP contribution in [0.4, 0.5) is 10.1 Å². The molecule has 0 spiro atoms. The number of hydrogen-bond acceptors (Lipinski definition) is 2. The number of ether oxygens (including phenoxy) is 1. The van der Waals surface area contributed by atoms with Gasteiger partial charge in [0.2, 0.25) is 0 Å². The number of anilines is 1. The van der Waals surface area contributed by atoms with Crippen molar-refractivity contribution in [2.45, 2.75) is 52.0 Å². The molecule has 0 aliphatic heterocycles. The van der Waals surface area contributed by atoms with E-state index in [2.05, 4.69) is 19.2 Å². The van der Waals surface area contributed by atoms with Gasteiger partial charge in [-0.2, -0.15) is 0 Å². The van der Waals surface area contributed by atoms with E-state index in [4.69, 9.17) is 4.74 Å². The van der Waals surface area contributed by atoms with Crippen LogP contribution in [-0.2, 0) is 0 Å². The predicted molar refractivity (Wildman–Crippen MR) is 81.8 cm³/mol. The van der Waals surface area contributed by atoms with Crippen LogP contribution in [0.15, 0.2) is 18.2 Å². The Kier molecular flexibility index (Phi) is 5.27. The maximum Gasteiger partial charge on any atom is 0.146 e. The molecule has 0 radical (unpaired) electrons. The minimum absolute atomic E-state index is 0.199. The fourth-order valence-electron chi connectivity index (χ4n) is 3.10. The second-order valence-corrected chi connectivity index (χ2v) is 6.20. The number of nitrogens with one attached hydrogen (secondary N) is 1. The van der Waals surface area contributed by atoms with Crippen LogP contribution in [0, 0.1) is 17.7 Å². The lowest BCUT2D eigenvalue weighted by Crippen LogP contribution is -2.19. The average Bonchev–Trinajstić information content (AvgIpc) is 2.67. The summed E-state index contributed by atoms with van der Waals surface area (Å²) in [6.45, 7) is 4.61. The van der Waals surface area contributed by atoms with Gasteiger partial charge in [0, 0.05) is 12.1 Å². The van der Waals surface area contributed by atoms with Crippen LogP contribution in [0.5, 0.6) is 5.75 Å². The molecule has 0 heterocycles. The largest absolute Gasteiger partial charge is 0.497 e. The van der Waals surface area contributed by atoms with Gasteiger partial charge in [0.05, 0.1) is 12.8 Å². The molecule has 2 rings (SSSR count). The lowest BCUT2D eigenvalue weighted by molar-refractivity contribution is 0.341. The zero-order valence-electron chi connectivity index (χ0n) is 12.8. The molecule has 20 heavy (non-hydrogen) atoms. The van der Waals surface area contributed by atoms with E-state index in [9.17, 15) is 4.39 Å². The number of hydrogen-bond donors (Lipinski definition) is 1. The van der Waals surface area contributed by atoms with E-state index in [1.54, 1.807) is 19.2 Å². The first-order valence-electron chi connectivity index (χ1n) is 7.70. The standard InChI is InChI=1S/C17H26FNO/c1-12(2)13-5-4-6-14(8-7-13)19-17-11-15(20-3)9-10-16(17)18/h9-14,19H,4-8H2,1-3H3. The van der Waals surface area contributed by atoms with Crippen LogP contribution < -0.4 is 10.1 Å². The first kappa shape index (κ1) is 15.1. The Balaban J connectivity index is 1.99. The minimum atomic E-state index is -0.199. The fraction of sp³-hybridized carbons (Fsp3) is 0.647. The van der Waals surface area contributed by atoms with Crippen LogP contribution in [0.3, 0.4) is 0 Å². The molecule has 1 aromatic rings. The van der Waals surface area contributed by atoms with E-state index < -0.39 is 0 Å². The SMILES string of the molecule is COc1ccc(F)c(NC2CCCC(C(C)C)CC2)c1. The summed E-state index contributed by atoms with van der Waals surface area (Å²) in [6.07, 6.45) is 6.02. The smallest absolute Gasteiger partial charge is 0.146 e. The molecule has 1 aliphatic rings. The Morgan fingerprint density at radius 3 is 2.70 bits per heavy atom. The van der Waals surface area contributed by atoms with Gasteiger partial charge in [0.1, 0.15) is 11.6 Å². The molecule has 0 saturated heterocycles. The summed E-state index contributed by atoms with van der Waals surface area (Å²) in [4.78, 5) is 0. The molecule has 2 unspecified atom stereocenters. The number of halogens is 1. The van der Waals surface area contributed by atoms with Crippen molar-refractivity contribution in [2.24, 2.45) is 11.8 Å². The third kappa shape index (κ3) is 3.87. The molecule has 1 saturated carbocycles. The molecule has 0 bridgehead atoms. The lowest BCUT2D eigenvalue weighted by atomic mass is 9.89. The lowest BCUT2D eigenvalue weighted by Gasteiger charge is -2.20. The van der Waals surface area contributed by atoms with E-state index in [1.807, 2.05) is 0 Å². The van der Waals surface area contributed by atoms with Gasteiger partial charge in [0.15, 0.2) is 0 Å². The van der Waals surface area contributed by atoms with Crippen LogP contribution in [0.25, 0.3) is 0 Å². The maximum atomic E-state index is 13.8. The Morgan fingerprint density at radius 2 is 2.00 bits per heavy atom. The molecule has 0 amide bonds. The third-order valence-electron chi connectivity index (χ3n) is 4.49. The van der Waals surface area contributed by atoms with Crippen LogP contribution in [0.1, 0.15) is 46.0 Å². The molecule has 1 N–H and O–H groups in total. The highest BCUT2D eigenvalue weighted by molar-refractivity contribution is 5.50. The van der Waals surface area contributed by atoms with E-state index in [1.165, 1.54) is 25.3 Å². The summed E-state index contributed by atoms with van der Waals surface area (Å²) in [5.41, 5.74) is 0.567. The molecule has 2 atom stereocenters. The zero-order chi connectivity index (χ0) is 14.5. The van der Waals surface area contributed by atoms with Crippen LogP contribution >= 0.6 is 0 Å². The van der Waals surface area contributed by atoms with Crippen molar-refractivity contribution in [2.75, 3.05) is 12.4 Å². The van der Waals surface area contributed by atoms with Crippen molar-refractivity contribution in [3.05, 3.63) is 24.0 Å². The van der Waals surface area contributed by atoms with E-state index in [0.29, 0.717) is 17.5 Å². The van der Waals surface area contributed by atoms with E-state index in [0.717, 1.165) is 24.7 Å². The second-order valence-electron chi connectivity index (χ2n) is 6.20. The van der Waals surface area contributed by atoms with Gasteiger partial charge in [-0.15, -0.1) is 0 Å². The summed E-state index contributed by atoms with van der Waals surface area (Å²) in [7, 11) is 1.61. The van der Waals surface area contributed by atoms with Gasteiger partial charge in [-0.05, 0) is 43.2 Å². The molecule has 3 heteroatoms. The van der Waals surface area contributed by atoms with Crippen molar-refractivity contribution in [3.8, 4) is 5.75 Å². The highest BCUT2D eigenvalue weighted by Crippen LogP contribution is 2.31.